The van der Waals surface area contributed by atoms with Crippen molar-refractivity contribution in [3.8, 4) is 11.6 Å². The molecule has 3 nitrogen and oxygen atoms in total. The molecular weight excluding hydrogens is 250 g/mol. The fraction of sp³-hybridized carbons (Fsp3) is 0.143. The number of pyridine rings is 1. The Morgan fingerprint density at radius 2 is 2.06 bits per heavy atom. The molecule has 1 heterocycles. The van der Waals surface area contributed by atoms with E-state index in [0.29, 0.717) is 22.2 Å². The van der Waals surface area contributed by atoms with E-state index in [9.17, 15) is 4.79 Å². The van der Waals surface area contributed by atoms with Gasteiger partial charge >= 0.3 is 0 Å². The summed E-state index contributed by atoms with van der Waals surface area (Å²) in [6.45, 7) is 3.40. The second kappa shape index (κ2) is 5.19. The summed E-state index contributed by atoms with van der Waals surface area (Å²) in [5.41, 5.74) is 1.50. The van der Waals surface area contributed by atoms with Gasteiger partial charge in [-0.2, -0.15) is 0 Å². The van der Waals surface area contributed by atoms with Crippen molar-refractivity contribution in [3.63, 3.8) is 0 Å². The quantitative estimate of drug-likeness (QED) is 0.783. The highest BCUT2D eigenvalue weighted by molar-refractivity contribution is 6.31. The molecule has 0 amide bonds. The third-order valence-electron chi connectivity index (χ3n) is 2.49. The highest BCUT2D eigenvalue weighted by Gasteiger charge is 2.04. The highest BCUT2D eigenvalue weighted by Crippen LogP contribution is 2.25. The maximum atomic E-state index is 11.2. The first kappa shape index (κ1) is 12.6. The van der Waals surface area contributed by atoms with Crippen LogP contribution in [0.3, 0.4) is 0 Å². The first-order valence-corrected chi connectivity index (χ1v) is 5.85. The lowest BCUT2D eigenvalue weighted by Gasteiger charge is -2.07. The molecule has 2 aromatic rings. The summed E-state index contributed by atoms with van der Waals surface area (Å²) < 4.78 is 5.58. The normalized spacial score (nSPS) is 10.2. The van der Waals surface area contributed by atoms with Crippen molar-refractivity contribution in [1.82, 2.24) is 4.98 Å². The fourth-order valence-corrected chi connectivity index (χ4v) is 1.60. The third kappa shape index (κ3) is 2.87. The number of ketones is 1. The molecule has 0 aliphatic carbocycles. The topological polar surface area (TPSA) is 39.2 Å². The number of hydrogen-bond acceptors (Lipinski definition) is 3. The van der Waals surface area contributed by atoms with Gasteiger partial charge in [-0.25, -0.2) is 4.98 Å². The van der Waals surface area contributed by atoms with Crippen LogP contribution in [0.4, 0.5) is 0 Å². The van der Waals surface area contributed by atoms with E-state index in [1.54, 1.807) is 30.5 Å². The second-order valence-corrected chi connectivity index (χ2v) is 4.36. The maximum Gasteiger partial charge on any atom is 0.219 e. The number of rotatable bonds is 3. The van der Waals surface area contributed by atoms with Crippen LogP contribution in [0.25, 0.3) is 0 Å². The number of ether oxygens (including phenoxy) is 1. The number of nitrogens with zero attached hydrogens (tertiary/aromatic N) is 1. The van der Waals surface area contributed by atoms with Crippen LogP contribution in [0.5, 0.6) is 11.6 Å². The number of halogens is 1. The van der Waals surface area contributed by atoms with Gasteiger partial charge in [0.05, 0.1) is 0 Å². The van der Waals surface area contributed by atoms with Crippen molar-refractivity contribution < 1.29 is 9.53 Å². The number of Topliss-reactive ketones (excluding diaryl/α,β-unsaturated/α-hetero) is 1. The monoisotopic (exact) mass is 261 g/mol. The summed E-state index contributed by atoms with van der Waals surface area (Å²) in [6, 6.07) is 8.62. The summed E-state index contributed by atoms with van der Waals surface area (Å²) in [5, 5.41) is 0.688. The molecule has 92 valence electrons. The number of hydrogen-bond donors (Lipinski definition) is 0. The molecule has 2 rings (SSSR count). The van der Waals surface area contributed by atoms with Crippen LogP contribution >= 0.6 is 11.6 Å². The molecule has 0 atom stereocenters. The number of aryl methyl sites for hydroxylation is 1. The van der Waals surface area contributed by atoms with Crippen LogP contribution in [-0.2, 0) is 0 Å². The number of carbonyl (C=O) groups excluding carboxylic acids is 1. The Hall–Kier alpha value is -1.87. The molecule has 0 aliphatic heterocycles. The summed E-state index contributed by atoms with van der Waals surface area (Å²) in [4.78, 5) is 15.3. The number of carbonyl (C=O) groups is 1. The first-order valence-electron chi connectivity index (χ1n) is 5.47. The molecular formula is C14H12ClNO2. The van der Waals surface area contributed by atoms with Gasteiger partial charge in [0.2, 0.25) is 5.88 Å². The largest absolute Gasteiger partial charge is 0.439 e. The Kier molecular flexibility index (Phi) is 3.63. The van der Waals surface area contributed by atoms with E-state index < -0.39 is 0 Å². The molecule has 1 aromatic heterocycles. The molecule has 0 N–H and O–H groups in total. The molecule has 4 heteroatoms. The predicted octanol–water partition coefficient (Wildman–Crippen LogP) is 4.04. The van der Waals surface area contributed by atoms with Crippen molar-refractivity contribution in [2.75, 3.05) is 0 Å². The molecule has 0 unspecified atom stereocenters. The smallest absolute Gasteiger partial charge is 0.219 e. The minimum Gasteiger partial charge on any atom is -0.439 e. The first-order chi connectivity index (χ1) is 8.56. The van der Waals surface area contributed by atoms with Gasteiger partial charge in [-0.3, -0.25) is 4.79 Å². The molecule has 0 saturated carbocycles. The van der Waals surface area contributed by atoms with Gasteiger partial charge in [-0.05, 0) is 43.7 Å². The summed E-state index contributed by atoms with van der Waals surface area (Å²) in [6.07, 6.45) is 1.55. The van der Waals surface area contributed by atoms with E-state index in [1.807, 2.05) is 13.0 Å². The van der Waals surface area contributed by atoms with Crippen molar-refractivity contribution in [1.29, 1.82) is 0 Å². The zero-order valence-corrected chi connectivity index (χ0v) is 10.9. The van der Waals surface area contributed by atoms with Gasteiger partial charge in [0.1, 0.15) is 5.75 Å². The fourth-order valence-electron chi connectivity index (χ4n) is 1.49. The number of benzene rings is 1. The van der Waals surface area contributed by atoms with Crippen LogP contribution in [0.15, 0.2) is 36.5 Å². The van der Waals surface area contributed by atoms with Gasteiger partial charge in [0.15, 0.2) is 5.78 Å². The summed E-state index contributed by atoms with van der Waals surface area (Å²) in [5.74, 6) is 1.02. The van der Waals surface area contributed by atoms with Crippen molar-refractivity contribution in [2.45, 2.75) is 13.8 Å². The van der Waals surface area contributed by atoms with E-state index in [2.05, 4.69) is 4.98 Å². The van der Waals surface area contributed by atoms with Crippen LogP contribution in [-0.4, -0.2) is 10.8 Å². The Bertz CT molecular complexity index is 596. The molecule has 1 aromatic carbocycles. The van der Waals surface area contributed by atoms with Crippen LogP contribution in [0, 0.1) is 6.92 Å². The highest BCUT2D eigenvalue weighted by atomic mass is 35.5. The van der Waals surface area contributed by atoms with Crippen LogP contribution in [0.2, 0.25) is 5.02 Å². The van der Waals surface area contributed by atoms with E-state index in [0.717, 1.165) is 5.56 Å². The minimum atomic E-state index is -0.0189. The molecule has 0 bridgehead atoms. The molecule has 0 aliphatic rings. The molecule has 0 fully saturated rings. The Labute approximate surface area is 110 Å². The average molecular weight is 262 g/mol. The van der Waals surface area contributed by atoms with E-state index in [1.165, 1.54) is 6.92 Å². The summed E-state index contributed by atoms with van der Waals surface area (Å²) in [7, 11) is 0. The van der Waals surface area contributed by atoms with E-state index in [4.69, 9.17) is 16.3 Å². The van der Waals surface area contributed by atoms with E-state index in [-0.39, 0.29) is 5.78 Å². The lowest BCUT2D eigenvalue weighted by atomic mass is 10.2. The van der Waals surface area contributed by atoms with Gasteiger partial charge in [0, 0.05) is 22.8 Å². The lowest BCUT2D eigenvalue weighted by molar-refractivity contribution is 0.101. The van der Waals surface area contributed by atoms with E-state index >= 15 is 0 Å². The van der Waals surface area contributed by atoms with Crippen molar-refractivity contribution >= 4 is 17.4 Å². The third-order valence-corrected chi connectivity index (χ3v) is 2.92. The molecule has 0 spiro atoms. The average Bonchev–Trinajstić information content (AvgIpc) is 2.34. The van der Waals surface area contributed by atoms with Gasteiger partial charge in [-0.1, -0.05) is 11.6 Å². The molecule has 18 heavy (non-hydrogen) atoms. The van der Waals surface area contributed by atoms with Crippen LogP contribution < -0.4 is 4.74 Å². The second-order valence-electron chi connectivity index (χ2n) is 3.95. The zero-order valence-electron chi connectivity index (χ0n) is 10.1. The van der Waals surface area contributed by atoms with Crippen LogP contribution in [0.1, 0.15) is 22.8 Å². The maximum absolute atomic E-state index is 11.2. The molecule has 0 saturated heterocycles. The Morgan fingerprint density at radius 3 is 2.72 bits per heavy atom. The SMILES string of the molecule is CC(=O)c1ccnc(Oc2ccc(Cl)c(C)c2)c1. The number of aromatic nitrogens is 1. The Balaban J connectivity index is 2.25. The molecule has 0 radical (unpaired) electrons. The van der Waals surface area contributed by atoms with Crippen molar-refractivity contribution in [2.24, 2.45) is 0 Å². The minimum absolute atomic E-state index is 0.0189. The van der Waals surface area contributed by atoms with Crippen molar-refractivity contribution in [3.05, 3.63) is 52.7 Å². The summed E-state index contributed by atoms with van der Waals surface area (Å²) >= 11 is 5.93. The Morgan fingerprint density at radius 1 is 1.28 bits per heavy atom. The van der Waals surface area contributed by atoms with Gasteiger partial charge in [-0.15, -0.1) is 0 Å². The zero-order chi connectivity index (χ0) is 13.1. The standard InChI is InChI=1S/C14H12ClNO2/c1-9-7-12(3-4-13(9)15)18-14-8-11(10(2)17)5-6-16-14/h3-8H,1-2H3. The van der Waals surface area contributed by atoms with Gasteiger partial charge < -0.3 is 4.74 Å². The predicted molar refractivity (Wildman–Crippen MR) is 70.5 cm³/mol. The van der Waals surface area contributed by atoms with Gasteiger partial charge in [0.25, 0.3) is 0 Å². The lowest BCUT2D eigenvalue weighted by Crippen LogP contribution is -1.95.